The van der Waals surface area contributed by atoms with Crippen molar-refractivity contribution < 1.29 is 9.53 Å². The molecule has 18 heavy (non-hydrogen) atoms. The molecular weight excluding hydrogens is 228 g/mol. The van der Waals surface area contributed by atoms with E-state index >= 15 is 0 Å². The molecule has 0 saturated carbocycles. The van der Waals surface area contributed by atoms with Gasteiger partial charge in [0, 0.05) is 19.7 Å². The Balaban J connectivity index is 1.59. The van der Waals surface area contributed by atoms with Gasteiger partial charge in [0.2, 0.25) is 5.91 Å². The van der Waals surface area contributed by atoms with E-state index in [2.05, 4.69) is 10.2 Å². The smallest absolute Gasteiger partial charge is 0.228 e. The van der Waals surface area contributed by atoms with E-state index < -0.39 is 0 Å². The summed E-state index contributed by atoms with van der Waals surface area (Å²) in [6, 6.07) is 0. The van der Waals surface area contributed by atoms with Crippen LogP contribution >= 0.6 is 0 Å². The van der Waals surface area contributed by atoms with E-state index in [-0.39, 0.29) is 5.92 Å². The fourth-order valence-corrected chi connectivity index (χ4v) is 3.68. The summed E-state index contributed by atoms with van der Waals surface area (Å²) in [5.74, 6) is 0.487. The van der Waals surface area contributed by atoms with Crippen LogP contribution in [0.4, 0.5) is 0 Å². The Labute approximate surface area is 109 Å². The van der Waals surface area contributed by atoms with Crippen molar-refractivity contribution in [2.75, 3.05) is 39.4 Å². The number of nitrogens with zero attached hydrogens (tertiary/aromatic N) is 1. The van der Waals surface area contributed by atoms with Crippen LogP contribution in [0.2, 0.25) is 0 Å². The molecule has 0 aromatic carbocycles. The number of amides is 1. The standard InChI is InChI=1S/C14H24N2O2/c17-13(12-2-1-9-18-10-12)16-8-5-14(11-16)3-6-15-7-4-14/h12,15H,1-11H2. The number of likely N-dealkylation sites (tertiary alicyclic amines) is 1. The van der Waals surface area contributed by atoms with E-state index in [1.54, 1.807) is 0 Å². The first-order valence-corrected chi connectivity index (χ1v) is 7.36. The van der Waals surface area contributed by atoms with Gasteiger partial charge in [0.1, 0.15) is 0 Å². The molecule has 0 radical (unpaired) electrons. The Morgan fingerprint density at radius 1 is 1.28 bits per heavy atom. The second-order valence-corrected chi connectivity index (χ2v) is 6.17. The molecule has 1 amide bonds. The molecule has 3 heterocycles. The minimum Gasteiger partial charge on any atom is -0.381 e. The lowest BCUT2D eigenvalue weighted by atomic mass is 9.78. The van der Waals surface area contributed by atoms with E-state index in [1.807, 2.05) is 0 Å². The highest BCUT2D eigenvalue weighted by Crippen LogP contribution is 2.39. The Bertz CT molecular complexity index is 307. The lowest BCUT2D eigenvalue weighted by Crippen LogP contribution is -2.42. The zero-order chi connectivity index (χ0) is 12.4. The lowest BCUT2D eigenvalue weighted by Gasteiger charge is -2.34. The van der Waals surface area contributed by atoms with Crippen molar-refractivity contribution in [1.82, 2.24) is 10.2 Å². The summed E-state index contributed by atoms with van der Waals surface area (Å²) in [5, 5.41) is 3.42. The Kier molecular flexibility index (Phi) is 3.57. The van der Waals surface area contributed by atoms with Gasteiger partial charge in [0.25, 0.3) is 0 Å². The third kappa shape index (κ3) is 2.41. The van der Waals surface area contributed by atoms with Crippen LogP contribution in [0, 0.1) is 11.3 Å². The van der Waals surface area contributed by atoms with Gasteiger partial charge in [0.15, 0.2) is 0 Å². The van der Waals surface area contributed by atoms with Gasteiger partial charge in [-0.2, -0.15) is 0 Å². The number of carbonyl (C=O) groups excluding carboxylic acids is 1. The quantitative estimate of drug-likeness (QED) is 0.757. The highest BCUT2D eigenvalue weighted by atomic mass is 16.5. The predicted octanol–water partition coefficient (Wildman–Crippen LogP) is 1.02. The zero-order valence-electron chi connectivity index (χ0n) is 11.1. The van der Waals surface area contributed by atoms with Crippen molar-refractivity contribution in [3.8, 4) is 0 Å². The highest BCUT2D eigenvalue weighted by Gasteiger charge is 2.41. The average Bonchev–Trinajstić information content (AvgIpc) is 2.83. The maximum atomic E-state index is 12.5. The molecular formula is C14H24N2O2. The van der Waals surface area contributed by atoms with Gasteiger partial charge in [-0.15, -0.1) is 0 Å². The van der Waals surface area contributed by atoms with Gasteiger partial charge < -0.3 is 15.0 Å². The number of carbonyl (C=O) groups is 1. The largest absolute Gasteiger partial charge is 0.381 e. The first kappa shape index (κ1) is 12.4. The van der Waals surface area contributed by atoms with Gasteiger partial charge in [-0.1, -0.05) is 0 Å². The topological polar surface area (TPSA) is 41.6 Å². The molecule has 1 atom stereocenters. The average molecular weight is 252 g/mol. The van der Waals surface area contributed by atoms with Crippen molar-refractivity contribution in [3.63, 3.8) is 0 Å². The lowest BCUT2D eigenvalue weighted by molar-refractivity contribution is -0.139. The monoisotopic (exact) mass is 252 g/mol. The Morgan fingerprint density at radius 2 is 2.11 bits per heavy atom. The van der Waals surface area contributed by atoms with Crippen LogP contribution in [0.3, 0.4) is 0 Å². The Hall–Kier alpha value is -0.610. The maximum Gasteiger partial charge on any atom is 0.228 e. The van der Waals surface area contributed by atoms with E-state index in [9.17, 15) is 4.79 Å². The number of piperidine rings is 1. The van der Waals surface area contributed by atoms with Gasteiger partial charge in [-0.05, 0) is 50.6 Å². The molecule has 0 bridgehead atoms. The fourth-order valence-electron chi connectivity index (χ4n) is 3.68. The minimum absolute atomic E-state index is 0.135. The van der Waals surface area contributed by atoms with E-state index in [0.717, 1.165) is 45.6 Å². The first-order valence-electron chi connectivity index (χ1n) is 7.36. The van der Waals surface area contributed by atoms with Crippen LogP contribution in [0.25, 0.3) is 0 Å². The molecule has 0 aromatic heterocycles. The number of rotatable bonds is 1. The molecule has 3 rings (SSSR count). The van der Waals surface area contributed by atoms with Gasteiger partial charge in [0.05, 0.1) is 12.5 Å². The van der Waals surface area contributed by atoms with Crippen LogP contribution in [-0.2, 0) is 9.53 Å². The van der Waals surface area contributed by atoms with Crippen molar-refractivity contribution >= 4 is 5.91 Å². The van der Waals surface area contributed by atoms with Crippen molar-refractivity contribution in [2.24, 2.45) is 11.3 Å². The SMILES string of the molecule is O=C(C1CCCOC1)N1CCC2(CCNCC2)C1. The predicted molar refractivity (Wildman–Crippen MR) is 69.3 cm³/mol. The normalized spacial score (nSPS) is 31.8. The number of hydrogen-bond acceptors (Lipinski definition) is 3. The molecule has 3 aliphatic rings. The molecule has 3 saturated heterocycles. The molecule has 1 N–H and O–H groups in total. The molecule has 0 aliphatic carbocycles. The number of hydrogen-bond donors (Lipinski definition) is 1. The van der Waals surface area contributed by atoms with Crippen LogP contribution in [0.15, 0.2) is 0 Å². The summed E-state index contributed by atoms with van der Waals surface area (Å²) in [4.78, 5) is 14.6. The molecule has 1 unspecified atom stereocenters. The van der Waals surface area contributed by atoms with E-state index in [1.165, 1.54) is 19.3 Å². The summed E-state index contributed by atoms with van der Waals surface area (Å²) < 4.78 is 5.44. The van der Waals surface area contributed by atoms with Crippen molar-refractivity contribution in [2.45, 2.75) is 32.1 Å². The summed E-state index contributed by atoms with van der Waals surface area (Å²) in [5.41, 5.74) is 0.427. The maximum absolute atomic E-state index is 12.5. The molecule has 4 nitrogen and oxygen atoms in total. The van der Waals surface area contributed by atoms with Crippen molar-refractivity contribution in [1.29, 1.82) is 0 Å². The summed E-state index contributed by atoms with van der Waals surface area (Å²) >= 11 is 0. The zero-order valence-corrected chi connectivity index (χ0v) is 11.1. The van der Waals surface area contributed by atoms with Crippen LogP contribution in [0.1, 0.15) is 32.1 Å². The molecule has 4 heteroatoms. The Morgan fingerprint density at radius 3 is 2.83 bits per heavy atom. The second kappa shape index (κ2) is 5.17. The van der Waals surface area contributed by atoms with Gasteiger partial charge >= 0.3 is 0 Å². The number of nitrogens with one attached hydrogen (secondary N) is 1. The fraction of sp³-hybridized carbons (Fsp3) is 0.929. The van der Waals surface area contributed by atoms with Gasteiger partial charge in [-0.25, -0.2) is 0 Å². The van der Waals surface area contributed by atoms with E-state index in [4.69, 9.17) is 4.74 Å². The molecule has 3 aliphatic heterocycles. The second-order valence-electron chi connectivity index (χ2n) is 6.17. The van der Waals surface area contributed by atoms with Crippen molar-refractivity contribution in [3.05, 3.63) is 0 Å². The van der Waals surface area contributed by atoms with E-state index in [0.29, 0.717) is 17.9 Å². The molecule has 0 aromatic rings. The minimum atomic E-state index is 0.135. The number of ether oxygens (including phenoxy) is 1. The highest BCUT2D eigenvalue weighted by molar-refractivity contribution is 5.79. The molecule has 3 fully saturated rings. The van der Waals surface area contributed by atoms with Gasteiger partial charge in [-0.3, -0.25) is 4.79 Å². The third-order valence-corrected chi connectivity index (χ3v) is 4.92. The summed E-state index contributed by atoms with van der Waals surface area (Å²) in [7, 11) is 0. The first-order chi connectivity index (χ1) is 8.79. The van der Waals surface area contributed by atoms with Crippen LogP contribution < -0.4 is 5.32 Å². The molecule has 1 spiro atoms. The molecule has 102 valence electrons. The van der Waals surface area contributed by atoms with Crippen LogP contribution in [0.5, 0.6) is 0 Å². The third-order valence-electron chi connectivity index (χ3n) is 4.92. The van der Waals surface area contributed by atoms with Crippen LogP contribution in [-0.4, -0.2) is 50.2 Å². The summed E-state index contributed by atoms with van der Waals surface area (Å²) in [6.45, 7) is 5.67. The summed E-state index contributed by atoms with van der Waals surface area (Å²) in [6.07, 6.45) is 5.73.